The van der Waals surface area contributed by atoms with E-state index in [2.05, 4.69) is 24.9 Å². The summed E-state index contributed by atoms with van der Waals surface area (Å²) in [6, 6.07) is 19.5. The molecular weight excluding hydrogens is 450 g/mol. The maximum Gasteiger partial charge on any atom is 0.262 e. The minimum Gasteiger partial charge on any atom is -0.480 e. The molecule has 0 amide bonds. The van der Waals surface area contributed by atoms with Crippen molar-refractivity contribution in [3.8, 4) is 28.1 Å². The highest BCUT2D eigenvalue weighted by molar-refractivity contribution is 7.92. The first kappa shape index (κ1) is 21.5. The number of ether oxygens (including phenoxy) is 1. The summed E-state index contributed by atoms with van der Waals surface area (Å²) in [5.41, 5.74) is 4.52. The van der Waals surface area contributed by atoms with Gasteiger partial charge in [0.05, 0.1) is 29.9 Å². The van der Waals surface area contributed by atoms with Gasteiger partial charge in [0.25, 0.3) is 10.0 Å². The summed E-state index contributed by atoms with van der Waals surface area (Å²) in [7, 11) is -2.37. The fourth-order valence-corrected chi connectivity index (χ4v) is 4.75. The van der Waals surface area contributed by atoms with Crippen LogP contribution in [-0.2, 0) is 10.0 Å². The van der Waals surface area contributed by atoms with Gasteiger partial charge >= 0.3 is 0 Å². The monoisotopic (exact) mass is 469 g/mol. The van der Waals surface area contributed by atoms with Crippen molar-refractivity contribution in [2.75, 3.05) is 11.8 Å². The molecule has 34 heavy (non-hydrogen) atoms. The van der Waals surface area contributed by atoms with Crippen LogP contribution in [0.25, 0.3) is 33.2 Å². The van der Waals surface area contributed by atoms with Gasteiger partial charge in [-0.3, -0.25) is 9.71 Å². The van der Waals surface area contributed by atoms with Gasteiger partial charge in [-0.25, -0.2) is 13.4 Å². The molecule has 168 valence electrons. The van der Waals surface area contributed by atoms with Crippen molar-refractivity contribution in [3.05, 3.63) is 91.5 Å². The molecule has 0 aliphatic carbocycles. The maximum atomic E-state index is 12.9. The molecule has 0 fully saturated rings. The Morgan fingerprint density at radius 3 is 2.41 bits per heavy atom. The lowest BCUT2D eigenvalue weighted by atomic mass is 9.99. The third-order valence-corrected chi connectivity index (χ3v) is 6.69. The van der Waals surface area contributed by atoms with E-state index in [1.807, 2.05) is 30.3 Å². The van der Waals surface area contributed by atoms with E-state index in [4.69, 9.17) is 4.74 Å². The lowest BCUT2D eigenvalue weighted by Crippen LogP contribution is -2.14. The van der Waals surface area contributed by atoms with Crippen molar-refractivity contribution in [1.29, 1.82) is 0 Å². The Hall–Kier alpha value is -4.37. The van der Waals surface area contributed by atoms with Crippen LogP contribution >= 0.6 is 0 Å². The van der Waals surface area contributed by atoms with Crippen LogP contribution < -0.4 is 9.46 Å². The minimum atomic E-state index is -3.82. The van der Waals surface area contributed by atoms with E-state index in [9.17, 15) is 8.42 Å². The van der Waals surface area contributed by atoms with Gasteiger partial charge in [-0.05, 0) is 53.6 Å². The Labute approximate surface area is 196 Å². The molecule has 3 heterocycles. The van der Waals surface area contributed by atoms with Crippen molar-refractivity contribution in [2.45, 2.75) is 4.90 Å². The molecule has 0 atom stereocenters. The average molecular weight is 470 g/mol. The van der Waals surface area contributed by atoms with Crippen LogP contribution in [0.4, 0.5) is 5.69 Å². The number of fused-ring (bicyclic) bond motifs is 1. The highest BCUT2D eigenvalue weighted by Crippen LogP contribution is 2.33. The number of aromatic nitrogens is 4. The van der Waals surface area contributed by atoms with E-state index in [0.717, 1.165) is 33.2 Å². The first-order valence-corrected chi connectivity index (χ1v) is 11.8. The summed E-state index contributed by atoms with van der Waals surface area (Å²) >= 11 is 0. The molecule has 9 heteroatoms. The zero-order chi connectivity index (χ0) is 23.5. The van der Waals surface area contributed by atoms with Gasteiger partial charge < -0.3 is 4.74 Å². The molecule has 5 aromatic rings. The first-order chi connectivity index (χ1) is 16.5. The predicted molar refractivity (Wildman–Crippen MR) is 130 cm³/mol. The Morgan fingerprint density at radius 1 is 0.794 bits per heavy atom. The molecule has 0 saturated carbocycles. The summed E-state index contributed by atoms with van der Waals surface area (Å²) in [5, 5.41) is 8.76. The SMILES string of the molecule is COc1ncc(-c2ccc3nccc(-c4ccnnc4)c3c2)cc1NS(=O)(=O)c1ccccc1. The highest BCUT2D eigenvalue weighted by atomic mass is 32.2. The summed E-state index contributed by atoms with van der Waals surface area (Å²) in [6.07, 6.45) is 6.74. The molecule has 0 bridgehead atoms. The highest BCUT2D eigenvalue weighted by Gasteiger charge is 2.18. The number of rotatable bonds is 6. The number of nitrogens with zero attached hydrogens (tertiary/aromatic N) is 4. The first-order valence-electron chi connectivity index (χ1n) is 10.3. The molecule has 5 rings (SSSR count). The third kappa shape index (κ3) is 4.16. The Balaban J connectivity index is 1.59. The van der Waals surface area contributed by atoms with Gasteiger partial charge in [0.2, 0.25) is 5.88 Å². The van der Waals surface area contributed by atoms with E-state index in [1.165, 1.54) is 19.2 Å². The quantitative estimate of drug-likeness (QED) is 0.388. The smallest absolute Gasteiger partial charge is 0.262 e. The van der Waals surface area contributed by atoms with Gasteiger partial charge in [-0.15, -0.1) is 0 Å². The summed E-state index contributed by atoms with van der Waals surface area (Å²) in [5.74, 6) is 0.175. The maximum absolute atomic E-state index is 12.9. The zero-order valence-electron chi connectivity index (χ0n) is 18.1. The second kappa shape index (κ2) is 8.87. The van der Waals surface area contributed by atoms with Crippen molar-refractivity contribution >= 4 is 26.6 Å². The van der Waals surface area contributed by atoms with E-state index in [1.54, 1.807) is 49.1 Å². The fourth-order valence-electron chi connectivity index (χ4n) is 3.68. The normalized spacial score (nSPS) is 11.3. The Kier molecular flexibility index (Phi) is 5.60. The molecular formula is C25H19N5O3S. The standard InChI is InChI=1S/C25H19N5O3S/c1-33-25-24(30-34(31,32)20-5-3-2-4-6-20)14-19(15-27-25)17-7-8-23-22(13-17)21(10-11-26-23)18-9-12-28-29-16-18/h2-16,30H,1H3. The molecule has 0 aliphatic rings. The number of nitrogens with one attached hydrogen (secondary N) is 1. The predicted octanol–water partition coefficient (Wildman–Crippen LogP) is 4.56. The van der Waals surface area contributed by atoms with E-state index < -0.39 is 10.0 Å². The summed E-state index contributed by atoms with van der Waals surface area (Å²) < 4.78 is 33.7. The number of hydrogen-bond donors (Lipinski definition) is 1. The molecule has 0 radical (unpaired) electrons. The fraction of sp³-hybridized carbons (Fsp3) is 0.0400. The van der Waals surface area contributed by atoms with Crippen LogP contribution in [0.2, 0.25) is 0 Å². The van der Waals surface area contributed by atoms with E-state index >= 15 is 0 Å². The Morgan fingerprint density at radius 2 is 1.65 bits per heavy atom. The van der Waals surface area contributed by atoms with Crippen molar-refractivity contribution in [3.63, 3.8) is 0 Å². The molecule has 1 N–H and O–H groups in total. The van der Waals surface area contributed by atoms with Crippen LogP contribution in [0.15, 0.2) is 96.4 Å². The average Bonchev–Trinajstić information content (AvgIpc) is 2.89. The second-order valence-corrected chi connectivity index (χ2v) is 9.10. The molecule has 0 aliphatic heterocycles. The van der Waals surface area contributed by atoms with Crippen LogP contribution in [0, 0.1) is 0 Å². The summed E-state index contributed by atoms with van der Waals surface area (Å²) in [6.45, 7) is 0. The number of anilines is 1. The van der Waals surface area contributed by atoms with E-state index in [-0.39, 0.29) is 16.5 Å². The minimum absolute atomic E-state index is 0.148. The molecule has 0 spiro atoms. The number of methoxy groups -OCH3 is 1. The van der Waals surface area contributed by atoms with E-state index in [0.29, 0.717) is 0 Å². The van der Waals surface area contributed by atoms with Gasteiger partial charge in [-0.2, -0.15) is 10.2 Å². The lowest BCUT2D eigenvalue weighted by molar-refractivity contribution is 0.400. The molecule has 0 saturated heterocycles. The molecule has 8 nitrogen and oxygen atoms in total. The van der Waals surface area contributed by atoms with Crippen molar-refractivity contribution in [1.82, 2.24) is 20.2 Å². The van der Waals surface area contributed by atoms with Crippen LogP contribution in [0.1, 0.15) is 0 Å². The van der Waals surface area contributed by atoms with Crippen LogP contribution in [0.5, 0.6) is 5.88 Å². The van der Waals surface area contributed by atoms with Gasteiger partial charge in [-0.1, -0.05) is 24.3 Å². The number of hydrogen-bond acceptors (Lipinski definition) is 7. The van der Waals surface area contributed by atoms with Gasteiger partial charge in [0.1, 0.15) is 5.69 Å². The second-order valence-electron chi connectivity index (χ2n) is 7.42. The zero-order valence-corrected chi connectivity index (χ0v) is 18.9. The Bertz CT molecular complexity index is 1580. The van der Waals surface area contributed by atoms with Crippen LogP contribution in [0.3, 0.4) is 0 Å². The van der Waals surface area contributed by atoms with Crippen molar-refractivity contribution < 1.29 is 13.2 Å². The number of benzene rings is 2. The lowest BCUT2D eigenvalue weighted by Gasteiger charge is -2.13. The molecule has 0 unspecified atom stereocenters. The topological polar surface area (TPSA) is 107 Å². The molecule has 2 aromatic carbocycles. The van der Waals surface area contributed by atoms with Crippen molar-refractivity contribution in [2.24, 2.45) is 0 Å². The van der Waals surface area contributed by atoms with Gasteiger partial charge in [0, 0.05) is 28.9 Å². The number of sulfonamides is 1. The largest absolute Gasteiger partial charge is 0.480 e. The summed E-state index contributed by atoms with van der Waals surface area (Å²) in [4.78, 5) is 8.94. The number of pyridine rings is 2. The van der Waals surface area contributed by atoms with Gasteiger partial charge in [0.15, 0.2) is 0 Å². The molecule has 3 aromatic heterocycles. The third-order valence-electron chi connectivity index (χ3n) is 5.31. The van der Waals surface area contributed by atoms with Crippen LogP contribution in [-0.4, -0.2) is 35.7 Å².